The van der Waals surface area contributed by atoms with Gasteiger partial charge in [-0.25, -0.2) is 8.42 Å². The Balaban J connectivity index is 3.01. The van der Waals surface area contributed by atoms with Crippen molar-refractivity contribution in [3.63, 3.8) is 0 Å². The Labute approximate surface area is 103 Å². The third kappa shape index (κ3) is 3.52. The average molecular weight is 256 g/mol. The van der Waals surface area contributed by atoms with E-state index < -0.39 is 9.84 Å². The fraction of sp³-hybridized carbons (Fsp3) is 0.500. The molecule has 17 heavy (non-hydrogen) atoms. The zero-order valence-electron chi connectivity index (χ0n) is 10.5. The molecule has 0 spiro atoms. The lowest BCUT2D eigenvalue weighted by atomic mass is 9.95. The molecule has 0 radical (unpaired) electrons. The third-order valence-electron chi connectivity index (χ3n) is 2.92. The molecule has 0 aliphatic carbocycles. The van der Waals surface area contributed by atoms with E-state index in [0.29, 0.717) is 17.4 Å². The van der Waals surface area contributed by atoms with Gasteiger partial charge in [0, 0.05) is 12.3 Å². The standard InChI is InChI=1S/C12H20N2O2S/c1-9(8-13)12(14-2)10-4-6-11(7-5-10)17(3,15)16/h4-7,9,12,14H,8,13H2,1-3H3. The maximum atomic E-state index is 11.3. The van der Waals surface area contributed by atoms with Crippen LogP contribution in [-0.4, -0.2) is 28.3 Å². The van der Waals surface area contributed by atoms with Gasteiger partial charge in [-0.3, -0.25) is 0 Å². The van der Waals surface area contributed by atoms with Crippen LogP contribution in [0.3, 0.4) is 0 Å². The Hall–Kier alpha value is -0.910. The van der Waals surface area contributed by atoms with Gasteiger partial charge < -0.3 is 11.1 Å². The van der Waals surface area contributed by atoms with E-state index in [1.165, 1.54) is 6.26 Å². The summed E-state index contributed by atoms with van der Waals surface area (Å²) < 4.78 is 22.7. The summed E-state index contributed by atoms with van der Waals surface area (Å²) in [4.78, 5) is 0.344. The van der Waals surface area contributed by atoms with E-state index in [1.54, 1.807) is 12.1 Å². The van der Waals surface area contributed by atoms with Crippen molar-refractivity contribution in [2.45, 2.75) is 17.9 Å². The summed E-state index contributed by atoms with van der Waals surface area (Å²) in [5.41, 5.74) is 6.70. The van der Waals surface area contributed by atoms with Gasteiger partial charge in [0.15, 0.2) is 9.84 Å². The minimum absolute atomic E-state index is 0.147. The van der Waals surface area contributed by atoms with Crippen molar-refractivity contribution >= 4 is 9.84 Å². The molecule has 4 nitrogen and oxygen atoms in total. The summed E-state index contributed by atoms with van der Waals surface area (Å²) in [6.07, 6.45) is 1.21. The number of nitrogens with two attached hydrogens (primary N) is 1. The van der Waals surface area contributed by atoms with Crippen molar-refractivity contribution in [3.8, 4) is 0 Å². The summed E-state index contributed by atoms with van der Waals surface area (Å²) in [6, 6.07) is 7.10. The molecular weight excluding hydrogens is 236 g/mol. The molecule has 0 aliphatic heterocycles. The molecule has 5 heteroatoms. The second-order valence-corrected chi connectivity index (χ2v) is 6.34. The summed E-state index contributed by atoms with van der Waals surface area (Å²) >= 11 is 0. The summed E-state index contributed by atoms with van der Waals surface area (Å²) in [6.45, 7) is 2.64. The first-order valence-electron chi connectivity index (χ1n) is 5.57. The van der Waals surface area contributed by atoms with Crippen LogP contribution in [0.25, 0.3) is 0 Å². The van der Waals surface area contributed by atoms with Crippen LogP contribution in [-0.2, 0) is 9.84 Å². The van der Waals surface area contributed by atoms with Gasteiger partial charge in [-0.15, -0.1) is 0 Å². The zero-order chi connectivity index (χ0) is 13.1. The first-order valence-corrected chi connectivity index (χ1v) is 7.46. The summed E-state index contributed by atoms with van der Waals surface area (Å²) in [5, 5.41) is 3.20. The van der Waals surface area contributed by atoms with Crippen molar-refractivity contribution in [2.24, 2.45) is 11.7 Å². The highest BCUT2D eigenvalue weighted by atomic mass is 32.2. The van der Waals surface area contributed by atoms with Crippen molar-refractivity contribution in [2.75, 3.05) is 19.8 Å². The molecule has 0 amide bonds. The van der Waals surface area contributed by atoms with Gasteiger partial charge in [-0.1, -0.05) is 19.1 Å². The van der Waals surface area contributed by atoms with E-state index in [0.717, 1.165) is 5.56 Å². The van der Waals surface area contributed by atoms with Crippen molar-refractivity contribution < 1.29 is 8.42 Å². The number of nitrogens with one attached hydrogen (secondary N) is 1. The fourth-order valence-corrected chi connectivity index (χ4v) is 2.47. The monoisotopic (exact) mass is 256 g/mol. The Morgan fingerprint density at radius 2 is 1.82 bits per heavy atom. The number of hydrogen-bond donors (Lipinski definition) is 2. The van der Waals surface area contributed by atoms with Gasteiger partial charge in [-0.05, 0) is 37.2 Å². The highest BCUT2D eigenvalue weighted by Gasteiger charge is 2.16. The van der Waals surface area contributed by atoms with Crippen molar-refractivity contribution in [1.82, 2.24) is 5.32 Å². The van der Waals surface area contributed by atoms with E-state index in [9.17, 15) is 8.42 Å². The predicted octanol–water partition coefficient (Wildman–Crippen LogP) is 0.945. The minimum Gasteiger partial charge on any atom is -0.330 e. The molecule has 1 rings (SSSR count). The zero-order valence-corrected chi connectivity index (χ0v) is 11.3. The smallest absolute Gasteiger partial charge is 0.175 e. The lowest BCUT2D eigenvalue weighted by molar-refractivity contribution is 0.419. The molecule has 0 aliphatic rings. The van der Waals surface area contributed by atoms with Crippen LogP contribution >= 0.6 is 0 Å². The van der Waals surface area contributed by atoms with Gasteiger partial charge >= 0.3 is 0 Å². The van der Waals surface area contributed by atoms with Gasteiger partial charge in [0.1, 0.15) is 0 Å². The number of rotatable bonds is 5. The number of benzene rings is 1. The molecule has 2 unspecified atom stereocenters. The maximum absolute atomic E-state index is 11.3. The van der Waals surface area contributed by atoms with Crippen molar-refractivity contribution in [1.29, 1.82) is 0 Å². The van der Waals surface area contributed by atoms with Gasteiger partial charge in [0.2, 0.25) is 0 Å². The second-order valence-electron chi connectivity index (χ2n) is 4.32. The highest BCUT2D eigenvalue weighted by Crippen LogP contribution is 2.22. The van der Waals surface area contributed by atoms with Gasteiger partial charge in [0.05, 0.1) is 4.90 Å². The lowest BCUT2D eigenvalue weighted by Gasteiger charge is -2.22. The van der Waals surface area contributed by atoms with E-state index in [2.05, 4.69) is 12.2 Å². The first kappa shape index (κ1) is 14.2. The molecule has 3 N–H and O–H groups in total. The van der Waals surface area contributed by atoms with E-state index in [-0.39, 0.29) is 6.04 Å². The van der Waals surface area contributed by atoms with E-state index in [4.69, 9.17) is 5.73 Å². The minimum atomic E-state index is -3.12. The van der Waals surface area contributed by atoms with Crippen LogP contribution in [0.5, 0.6) is 0 Å². The Kier molecular flexibility index (Phi) is 4.68. The predicted molar refractivity (Wildman–Crippen MR) is 69.6 cm³/mol. The number of sulfone groups is 1. The molecule has 1 aromatic rings. The van der Waals surface area contributed by atoms with Crippen LogP contribution in [0.1, 0.15) is 18.5 Å². The van der Waals surface area contributed by atoms with Crippen LogP contribution in [0.2, 0.25) is 0 Å². The Bertz CT molecular complexity index is 454. The highest BCUT2D eigenvalue weighted by molar-refractivity contribution is 7.90. The Morgan fingerprint density at radius 3 is 2.18 bits per heavy atom. The summed E-state index contributed by atoms with van der Waals surface area (Å²) in [7, 11) is -1.25. The molecule has 0 saturated carbocycles. The molecule has 0 bridgehead atoms. The quantitative estimate of drug-likeness (QED) is 0.822. The molecule has 96 valence electrons. The van der Waals surface area contributed by atoms with E-state index in [1.807, 2.05) is 19.2 Å². The normalized spacial score (nSPS) is 15.5. The SMILES string of the molecule is CNC(c1ccc(S(C)(=O)=O)cc1)C(C)CN. The van der Waals surface area contributed by atoms with Crippen LogP contribution in [0, 0.1) is 5.92 Å². The lowest BCUT2D eigenvalue weighted by Crippen LogP contribution is -2.28. The molecule has 0 saturated heterocycles. The van der Waals surface area contributed by atoms with Crippen LogP contribution in [0.15, 0.2) is 29.2 Å². The average Bonchev–Trinajstić information content (AvgIpc) is 2.29. The fourth-order valence-electron chi connectivity index (χ4n) is 1.84. The first-order chi connectivity index (χ1) is 7.90. The molecule has 1 aromatic carbocycles. The molecule has 0 aromatic heterocycles. The largest absolute Gasteiger partial charge is 0.330 e. The topological polar surface area (TPSA) is 72.2 Å². The van der Waals surface area contributed by atoms with Crippen molar-refractivity contribution in [3.05, 3.63) is 29.8 Å². The summed E-state index contributed by atoms with van der Waals surface area (Å²) in [5.74, 6) is 0.295. The maximum Gasteiger partial charge on any atom is 0.175 e. The van der Waals surface area contributed by atoms with Crippen LogP contribution < -0.4 is 11.1 Å². The third-order valence-corrected chi connectivity index (χ3v) is 4.05. The molecule has 0 fully saturated rings. The number of hydrogen-bond acceptors (Lipinski definition) is 4. The van der Waals surface area contributed by atoms with E-state index >= 15 is 0 Å². The van der Waals surface area contributed by atoms with Crippen LogP contribution in [0.4, 0.5) is 0 Å². The second kappa shape index (κ2) is 5.62. The molecule has 2 atom stereocenters. The molecular formula is C12H20N2O2S. The van der Waals surface area contributed by atoms with Gasteiger partial charge in [-0.2, -0.15) is 0 Å². The molecule has 0 heterocycles. The Morgan fingerprint density at radius 1 is 1.29 bits per heavy atom. The van der Waals surface area contributed by atoms with Gasteiger partial charge in [0.25, 0.3) is 0 Å².